The number of hydrogen-bond donors (Lipinski definition) is 1. The molecule has 0 radical (unpaired) electrons. The van der Waals surface area contributed by atoms with Crippen LogP contribution in [0.15, 0.2) is 18.2 Å². The summed E-state index contributed by atoms with van der Waals surface area (Å²) in [4.78, 5) is 11.8. The number of methoxy groups -OCH3 is 1. The third-order valence-electron chi connectivity index (χ3n) is 3.25. The van der Waals surface area contributed by atoms with Crippen molar-refractivity contribution in [2.45, 2.75) is 19.9 Å². The highest BCUT2D eigenvalue weighted by Gasteiger charge is 2.39. The molecule has 0 aliphatic carbocycles. The Bertz CT molecular complexity index is 470. The Labute approximate surface area is 106 Å². The molecule has 1 heterocycles. The molecule has 5 nitrogen and oxygen atoms in total. The van der Waals surface area contributed by atoms with Crippen LogP contribution in [0.5, 0.6) is 11.5 Å². The van der Waals surface area contributed by atoms with Gasteiger partial charge in [-0.3, -0.25) is 4.79 Å². The minimum Gasteiger partial charge on any atom is -0.469 e. The molecule has 98 valence electrons. The molecule has 0 saturated carbocycles. The lowest BCUT2D eigenvalue weighted by molar-refractivity contribution is -0.152. The van der Waals surface area contributed by atoms with Crippen LogP contribution in [0.4, 0.5) is 0 Å². The normalized spacial score (nSPS) is 15.3. The summed E-state index contributed by atoms with van der Waals surface area (Å²) in [6.45, 7) is 3.68. The van der Waals surface area contributed by atoms with Crippen LogP contribution in [0.2, 0.25) is 0 Å². The monoisotopic (exact) mass is 251 g/mol. The molecule has 5 heteroatoms. The quantitative estimate of drug-likeness (QED) is 0.826. The molecule has 1 atom stereocenters. The van der Waals surface area contributed by atoms with E-state index in [4.69, 9.17) is 19.9 Å². The van der Waals surface area contributed by atoms with Gasteiger partial charge in [0.05, 0.1) is 12.5 Å². The van der Waals surface area contributed by atoms with Gasteiger partial charge >= 0.3 is 5.97 Å². The largest absolute Gasteiger partial charge is 0.469 e. The Morgan fingerprint density at radius 1 is 1.44 bits per heavy atom. The molecule has 0 spiro atoms. The summed E-state index contributed by atoms with van der Waals surface area (Å²) in [5, 5.41) is 0. The number of ether oxygens (including phenoxy) is 3. The van der Waals surface area contributed by atoms with E-state index in [1.807, 2.05) is 18.2 Å². The van der Waals surface area contributed by atoms with Crippen molar-refractivity contribution in [3.63, 3.8) is 0 Å². The number of carbonyl (C=O) groups is 1. The van der Waals surface area contributed by atoms with Crippen LogP contribution in [-0.2, 0) is 9.53 Å². The Morgan fingerprint density at radius 2 is 2.17 bits per heavy atom. The molecule has 1 aliphatic rings. The van der Waals surface area contributed by atoms with Crippen LogP contribution in [0, 0.1) is 5.41 Å². The van der Waals surface area contributed by atoms with Gasteiger partial charge in [-0.15, -0.1) is 0 Å². The number of esters is 1. The second kappa shape index (κ2) is 4.49. The Balaban J connectivity index is 2.38. The molecule has 1 aliphatic heterocycles. The predicted molar refractivity (Wildman–Crippen MR) is 65.3 cm³/mol. The Morgan fingerprint density at radius 3 is 2.83 bits per heavy atom. The van der Waals surface area contributed by atoms with Crippen LogP contribution < -0.4 is 15.2 Å². The lowest BCUT2D eigenvalue weighted by atomic mass is 9.80. The molecule has 2 rings (SSSR count). The van der Waals surface area contributed by atoms with E-state index in [9.17, 15) is 4.79 Å². The van der Waals surface area contributed by atoms with E-state index in [0.29, 0.717) is 11.5 Å². The van der Waals surface area contributed by atoms with Crippen molar-refractivity contribution in [1.29, 1.82) is 0 Å². The zero-order chi connectivity index (χ0) is 13.3. The summed E-state index contributed by atoms with van der Waals surface area (Å²) in [6.07, 6.45) is 0. The van der Waals surface area contributed by atoms with Gasteiger partial charge in [0, 0.05) is 11.6 Å². The SMILES string of the molecule is COC(=O)C(C)(C)[C@@H](N)c1cccc2c1OCO2. The number of benzene rings is 1. The first kappa shape index (κ1) is 12.7. The second-order valence-corrected chi connectivity index (χ2v) is 4.77. The number of hydrogen-bond acceptors (Lipinski definition) is 5. The van der Waals surface area contributed by atoms with Gasteiger partial charge in [-0.25, -0.2) is 0 Å². The third kappa shape index (κ3) is 1.90. The first-order valence-electron chi connectivity index (χ1n) is 5.71. The van der Waals surface area contributed by atoms with E-state index < -0.39 is 11.5 Å². The minimum absolute atomic E-state index is 0.178. The fraction of sp³-hybridized carbons (Fsp3) is 0.462. The molecule has 2 N–H and O–H groups in total. The van der Waals surface area contributed by atoms with Gasteiger partial charge in [-0.05, 0) is 19.9 Å². The number of para-hydroxylation sites is 1. The minimum atomic E-state index is -0.837. The zero-order valence-electron chi connectivity index (χ0n) is 10.7. The molecule has 0 bridgehead atoms. The first-order valence-corrected chi connectivity index (χ1v) is 5.71. The van der Waals surface area contributed by atoms with Crippen LogP contribution in [0.3, 0.4) is 0 Å². The smallest absolute Gasteiger partial charge is 0.313 e. The van der Waals surface area contributed by atoms with Crippen LogP contribution in [0.25, 0.3) is 0 Å². The van der Waals surface area contributed by atoms with Crippen LogP contribution >= 0.6 is 0 Å². The fourth-order valence-corrected chi connectivity index (χ4v) is 1.98. The molecule has 0 unspecified atom stereocenters. The number of carbonyl (C=O) groups excluding carboxylic acids is 1. The Hall–Kier alpha value is -1.75. The number of nitrogens with two attached hydrogens (primary N) is 1. The van der Waals surface area contributed by atoms with Gasteiger partial charge < -0.3 is 19.9 Å². The summed E-state index contributed by atoms with van der Waals surface area (Å²) in [7, 11) is 1.35. The third-order valence-corrected chi connectivity index (χ3v) is 3.25. The zero-order valence-corrected chi connectivity index (χ0v) is 10.7. The molecule has 1 aromatic carbocycles. The highest BCUT2D eigenvalue weighted by molar-refractivity contribution is 5.77. The maximum atomic E-state index is 11.8. The van der Waals surface area contributed by atoms with Crippen molar-refractivity contribution in [2.24, 2.45) is 11.1 Å². The van der Waals surface area contributed by atoms with E-state index in [2.05, 4.69) is 0 Å². The van der Waals surface area contributed by atoms with E-state index in [0.717, 1.165) is 5.56 Å². The standard InChI is InChI=1S/C13H17NO4/c1-13(2,12(15)16-3)11(14)8-5-4-6-9-10(8)18-7-17-9/h4-6,11H,7,14H2,1-3H3/t11-/m0/s1. The van der Waals surface area contributed by atoms with Crippen molar-refractivity contribution >= 4 is 5.97 Å². The van der Waals surface area contributed by atoms with Gasteiger partial charge in [0.1, 0.15) is 0 Å². The highest BCUT2D eigenvalue weighted by Crippen LogP contribution is 2.43. The average Bonchev–Trinajstić information content (AvgIpc) is 2.84. The summed E-state index contributed by atoms with van der Waals surface area (Å²) in [5.74, 6) is 0.914. The average molecular weight is 251 g/mol. The molecule has 18 heavy (non-hydrogen) atoms. The number of rotatable bonds is 3. The van der Waals surface area contributed by atoms with Crippen molar-refractivity contribution in [3.8, 4) is 11.5 Å². The van der Waals surface area contributed by atoms with E-state index in [1.54, 1.807) is 13.8 Å². The second-order valence-electron chi connectivity index (χ2n) is 4.77. The van der Waals surface area contributed by atoms with Crippen molar-refractivity contribution in [1.82, 2.24) is 0 Å². The summed E-state index contributed by atoms with van der Waals surface area (Å²) >= 11 is 0. The molecule has 0 amide bonds. The maximum absolute atomic E-state index is 11.8. The van der Waals surface area contributed by atoms with Gasteiger partial charge in [-0.1, -0.05) is 12.1 Å². The van der Waals surface area contributed by atoms with E-state index in [1.165, 1.54) is 7.11 Å². The molecular weight excluding hydrogens is 234 g/mol. The number of fused-ring (bicyclic) bond motifs is 1. The van der Waals surface area contributed by atoms with Gasteiger partial charge in [0.15, 0.2) is 11.5 Å². The summed E-state index contributed by atoms with van der Waals surface area (Å²) in [5.41, 5.74) is 6.10. The van der Waals surface area contributed by atoms with E-state index in [-0.39, 0.29) is 12.8 Å². The molecule has 1 aromatic rings. The van der Waals surface area contributed by atoms with Crippen LogP contribution in [0.1, 0.15) is 25.5 Å². The van der Waals surface area contributed by atoms with Crippen molar-refractivity contribution < 1.29 is 19.0 Å². The highest BCUT2D eigenvalue weighted by atomic mass is 16.7. The van der Waals surface area contributed by atoms with Gasteiger partial charge in [0.2, 0.25) is 6.79 Å². The first-order chi connectivity index (χ1) is 8.48. The van der Waals surface area contributed by atoms with Gasteiger partial charge in [0.25, 0.3) is 0 Å². The van der Waals surface area contributed by atoms with Gasteiger partial charge in [-0.2, -0.15) is 0 Å². The maximum Gasteiger partial charge on any atom is 0.313 e. The van der Waals surface area contributed by atoms with E-state index >= 15 is 0 Å². The Kier molecular flexibility index (Phi) is 3.17. The van der Waals surface area contributed by atoms with Crippen LogP contribution in [-0.4, -0.2) is 19.9 Å². The summed E-state index contributed by atoms with van der Waals surface area (Å²) < 4.78 is 15.5. The molecular formula is C13H17NO4. The van der Waals surface area contributed by atoms with Crippen molar-refractivity contribution in [3.05, 3.63) is 23.8 Å². The lowest BCUT2D eigenvalue weighted by Crippen LogP contribution is -2.37. The fourth-order valence-electron chi connectivity index (χ4n) is 1.98. The lowest BCUT2D eigenvalue weighted by Gasteiger charge is -2.29. The molecule has 0 fully saturated rings. The topological polar surface area (TPSA) is 70.8 Å². The molecule has 0 aromatic heterocycles. The predicted octanol–water partition coefficient (Wildman–Crippen LogP) is 1.61. The molecule has 0 saturated heterocycles. The summed E-state index contributed by atoms with van der Waals surface area (Å²) in [6, 6.07) is 4.95. The van der Waals surface area contributed by atoms with Crippen molar-refractivity contribution in [2.75, 3.05) is 13.9 Å².